The van der Waals surface area contributed by atoms with Gasteiger partial charge in [0.1, 0.15) is 29.2 Å². The first-order chi connectivity index (χ1) is 17.8. The molecule has 13 heteroatoms. The lowest BCUT2D eigenvalue weighted by Crippen LogP contribution is -2.48. The van der Waals surface area contributed by atoms with Gasteiger partial charge in [0, 0.05) is 13.1 Å². The summed E-state index contributed by atoms with van der Waals surface area (Å²) in [6.45, 7) is 2.32. The number of pyridine rings is 2. The number of hydrogen-bond acceptors (Lipinski definition) is 6. The number of fused-ring (bicyclic) bond motifs is 1. The van der Waals surface area contributed by atoms with Gasteiger partial charge in [0.05, 0.1) is 17.2 Å². The van der Waals surface area contributed by atoms with E-state index in [0.29, 0.717) is 18.8 Å². The Morgan fingerprint density at radius 1 is 1.21 bits per heavy atom. The molecular formula is C25H23F5N4O4. The zero-order valence-electron chi connectivity index (χ0n) is 20.1. The maximum atomic E-state index is 14.8. The van der Waals surface area contributed by atoms with Crippen molar-refractivity contribution >= 4 is 22.9 Å². The van der Waals surface area contributed by atoms with E-state index >= 15 is 0 Å². The number of anilines is 1. The van der Waals surface area contributed by atoms with Gasteiger partial charge in [0.2, 0.25) is 5.43 Å². The Bertz CT molecular complexity index is 1450. The number of alkyl halides is 3. The van der Waals surface area contributed by atoms with Gasteiger partial charge in [-0.25, -0.2) is 18.6 Å². The number of amides is 1. The van der Waals surface area contributed by atoms with Gasteiger partial charge in [-0.15, -0.1) is 0 Å². The number of nitrogens with zero attached hydrogens (tertiary/aromatic N) is 3. The smallest absolute Gasteiger partial charge is 0.405 e. The Hall–Kier alpha value is -3.74. The highest BCUT2D eigenvalue weighted by molar-refractivity contribution is 5.81. The minimum Gasteiger partial charge on any atom is -0.405 e. The molecule has 2 aromatic heterocycles. The predicted octanol–water partition coefficient (Wildman–Crippen LogP) is 4.05. The lowest BCUT2D eigenvalue weighted by Gasteiger charge is -2.22. The zero-order valence-corrected chi connectivity index (χ0v) is 20.1. The quantitative estimate of drug-likeness (QED) is 0.476. The van der Waals surface area contributed by atoms with E-state index in [0.717, 1.165) is 29.0 Å². The number of β-amino-alcohol motifs (C(OH)–C–C–N with tert-alkyl or cyclic N) is 1. The summed E-state index contributed by atoms with van der Waals surface area (Å²) in [5.41, 5.74) is -2.70. The van der Waals surface area contributed by atoms with E-state index in [1.807, 2.05) is 0 Å². The Balaban J connectivity index is 1.59. The first kappa shape index (κ1) is 25.9. The van der Waals surface area contributed by atoms with Crippen LogP contribution in [-0.2, 0) is 0 Å². The Morgan fingerprint density at radius 2 is 1.89 bits per heavy atom. The molecule has 1 saturated carbocycles. The number of carbonyl (C=O) groups is 1. The van der Waals surface area contributed by atoms with Gasteiger partial charge in [-0.05, 0) is 56.4 Å². The molecule has 1 amide bonds. The highest BCUT2D eigenvalue weighted by Gasteiger charge is 2.50. The number of benzene rings is 1. The molecule has 0 spiro atoms. The second-order valence-corrected chi connectivity index (χ2v) is 9.86. The molecule has 5 rings (SSSR count). The minimum atomic E-state index is -4.72. The topological polar surface area (TPSA) is 96.7 Å². The van der Waals surface area contributed by atoms with Crippen molar-refractivity contribution in [2.24, 2.45) is 5.92 Å². The maximum absolute atomic E-state index is 14.8. The van der Waals surface area contributed by atoms with E-state index in [2.05, 4.69) is 4.98 Å². The van der Waals surface area contributed by atoms with Crippen LogP contribution in [0.3, 0.4) is 0 Å². The van der Waals surface area contributed by atoms with Crippen molar-refractivity contribution < 1.29 is 36.6 Å². The summed E-state index contributed by atoms with van der Waals surface area (Å²) in [5, 5.41) is 11.9. The fourth-order valence-corrected chi connectivity index (χ4v) is 4.60. The van der Waals surface area contributed by atoms with Gasteiger partial charge >= 0.3 is 12.3 Å². The number of aliphatic hydroxyl groups is 1. The molecule has 2 N–H and O–H groups in total. The van der Waals surface area contributed by atoms with E-state index in [4.69, 9.17) is 4.74 Å². The molecule has 3 aromatic rings. The highest BCUT2D eigenvalue weighted by atomic mass is 19.4. The van der Waals surface area contributed by atoms with Crippen LogP contribution in [0.15, 0.2) is 41.3 Å². The van der Waals surface area contributed by atoms with Gasteiger partial charge in [0.25, 0.3) is 0 Å². The summed E-state index contributed by atoms with van der Waals surface area (Å²) in [6, 6.07) is 3.70. The van der Waals surface area contributed by atoms with E-state index < -0.39 is 58.3 Å². The van der Waals surface area contributed by atoms with Crippen molar-refractivity contribution in [3.05, 3.63) is 58.4 Å². The predicted molar refractivity (Wildman–Crippen MR) is 126 cm³/mol. The average Bonchev–Trinajstić information content (AvgIpc) is 3.60. The van der Waals surface area contributed by atoms with Crippen LogP contribution in [-0.4, -0.2) is 51.7 Å². The first-order valence-electron chi connectivity index (χ1n) is 11.9. The number of ether oxygens (including phenoxy) is 1. The van der Waals surface area contributed by atoms with Gasteiger partial charge in [-0.3, -0.25) is 9.36 Å². The number of hydrogen-bond donors (Lipinski definition) is 2. The summed E-state index contributed by atoms with van der Waals surface area (Å²) in [5.74, 6) is -3.26. The number of nitrogens with one attached hydrogen (secondary N) is 1. The number of rotatable bonds is 5. The molecule has 38 heavy (non-hydrogen) atoms. The van der Waals surface area contributed by atoms with Crippen molar-refractivity contribution in [1.82, 2.24) is 14.9 Å². The maximum Gasteiger partial charge on any atom is 0.413 e. The molecule has 1 aliphatic heterocycles. The Labute approximate surface area is 212 Å². The third kappa shape index (κ3) is 5.02. The van der Waals surface area contributed by atoms with Crippen molar-refractivity contribution in [1.29, 1.82) is 0 Å². The number of para-hydroxylation sites is 1. The minimum absolute atomic E-state index is 0.179. The highest BCUT2D eigenvalue weighted by Crippen LogP contribution is 2.40. The molecule has 1 aromatic carbocycles. The van der Waals surface area contributed by atoms with Crippen LogP contribution < -0.4 is 20.4 Å². The molecule has 2 atom stereocenters. The van der Waals surface area contributed by atoms with Crippen LogP contribution in [0.1, 0.15) is 26.2 Å². The SMILES string of the molecule is CC1(O)CCN(c2ccc3c(=O)c(OC(=O)NC(C4CC4)C(F)(F)F)cn(-c4c(F)cccc4F)c3n2)C1. The summed E-state index contributed by atoms with van der Waals surface area (Å²) >= 11 is 0. The second kappa shape index (κ2) is 9.22. The number of aromatic nitrogens is 2. The summed E-state index contributed by atoms with van der Waals surface area (Å²) in [6.07, 6.45) is -4.42. The summed E-state index contributed by atoms with van der Waals surface area (Å²) in [7, 11) is 0. The van der Waals surface area contributed by atoms with Crippen LogP contribution in [0.25, 0.3) is 16.7 Å². The van der Waals surface area contributed by atoms with Crippen molar-refractivity contribution in [2.75, 3.05) is 18.0 Å². The van der Waals surface area contributed by atoms with Crippen LogP contribution in [0.2, 0.25) is 0 Å². The molecule has 2 unspecified atom stereocenters. The van der Waals surface area contributed by atoms with Gasteiger partial charge in [0.15, 0.2) is 11.4 Å². The van der Waals surface area contributed by atoms with Crippen molar-refractivity contribution in [3.63, 3.8) is 0 Å². The first-order valence-corrected chi connectivity index (χ1v) is 11.9. The van der Waals surface area contributed by atoms with E-state index in [1.165, 1.54) is 12.1 Å². The average molecular weight is 538 g/mol. The monoisotopic (exact) mass is 538 g/mol. The van der Waals surface area contributed by atoms with E-state index in [9.17, 15) is 36.6 Å². The Kier molecular flexibility index (Phi) is 6.28. The molecular weight excluding hydrogens is 515 g/mol. The zero-order chi connectivity index (χ0) is 27.4. The number of carbonyl (C=O) groups excluding carboxylic acids is 1. The standard InChI is InChI=1S/C25H23F5N4O4/c1-24(37)9-10-33(12-24)18-8-7-14-20(35)17(38-23(36)32-21(13-5-6-13)25(28,29)30)11-34(22(14)31-18)19-15(26)3-2-4-16(19)27/h2-4,7-8,11,13,21,37H,5-6,9-10,12H2,1H3,(H,32,36). The summed E-state index contributed by atoms with van der Waals surface area (Å²) < 4.78 is 75.5. The third-order valence-electron chi connectivity index (χ3n) is 6.68. The molecule has 8 nitrogen and oxygen atoms in total. The Morgan fingerprint density at radius 3 is 2.47 bits per heavy atom. The molecule has 0 radical (unpaired) electrons. The van der Waals surface area contributed by atoms with E-state index in [1.54, 1.807) is 17.1 Å². The van der Waals surface area contributed by atoms with E-state index in [-0.39, 0.29) is 30.4 Å². The third-order valence-corrected chi connectivity index (χ3v) is 6.68. The fourth-order valence-electron chi connectivity index (χ4n) is 4.60. The largest absolute Gasteiger partial charge is 0.413 e. The lowest BCUT2D eigenvalue weighted by molar-refractivity contribution is -0.158. The second-order valence-electron chi connectivity index (χ2n) is 9.86. The van der Waals surface area contributed by atoms with Crippen LogP contribution in [0, 0.1) is 17.6 Å². The fraction of sp³-hybridized carbons (Fsp3) is 0.400. The van der Waals surface area contributed by atoms with Crippen LogP contribution >= 0.6 is 0 Å². The molecule has 1 aliphatic carbocycles. The van der Waals surface area contributed by atoms with Gasteiger partial charge in [-0.2, -0.15) is 13.2 Å². The lowest BCUT2D eigenvalue weighted by atomic mass is 10.1. The molecule has 2 fully saturated rings. The summed E-state index contributed by atoms with van der Waals surface area (Å²) in [4.78, 5) is 31.7. The molecule has 0 bridgehead atoms. The normalized spacial score (nSPS) is 20.6. The van der Waals surface area contributed by atoms with Gasteiger partial charge < -0.3 is 20.1 Å². The number of halogens is 5. The molecule has 1 saturated heterocycles. The van der Waals surface area contributed by atoms with Gasteiger partial charge in [-0.1, -0.05) is 6.07 Å². The molecule has 202 valence electrons. The van der Waals surface area contributed by atoms with Crippen LogP contribution in [0.5, 0.6) is 5.75 Å². The van der Waals surface area contributed by atoms with Crippen LogP contribution in [0.4, 0.5) is 32.6 Å². The van der Waals surface area contributed by atoms with Crippen molar-refractivity contribution in [3.8, 4) is 11.4 Å². The van der Waals surface area contributed by atoms with Crippen molar-refractivity contribution in [2.45, 2.75) is 44.0 Å². The molecule has 3 heterocycles. The molecule has 2 aliphatic rings.